The van der Waals surface area contributed by atoms with Crippen molar-refractivity contribution in [3.05, 3.63) is 49.1 Å². The zero-order chi connectivity index (χ0) is 23.7. The first kappa shape index (κ1) is 23.5. The molecule has 2 aromatic heterocycles. The Morgan fingerprint density at radius 3 is 2.64 bits per heavy atom. The van der Waals surface area contributed by atoms with E-state index in [1.807, 2.05) is 18.2 Å². The third kappa shape index (κ3) is 4.32. The summed E-state index contributed by atoms with van der Waals surface area (Å²) < 4.78 is 10.3. The van der Waals surface area contributed by atoms with Gasteiger partial charge in [-0.25, -0.2) is 4.79 Å². The van der Waals surface area contributed by atoms with E-state index in [9.17, 15) is 19.8 Å². The predicted molar refractivity (Wildman–Crippen MR) is 128 cm³/mol. The van der Waals surface area contributed by atoms with E-state index in [0.29, 0.717) is 24.7 Å². The Hall–Kier alpha value is -2.63. The molecule has 10 nitrogen and oxygen atoms in total. The summed E-state index contributed by atoms with van der Waals surface area (Å²) in [5.74, 6) is 1.09. The predicted octanol–water partition coefficient (Wildman–Crippen LogP) is 1.52. The maximum Gasteiger partial charge on any atom is 0.332 e. The van der Waals surface area contributed by atoms with Gasteiger partial charge in [0.2, 0.25) is 5.95 Å². The van der Waals surface area contributed by atoms with Gasteiger partial charge in [-0.2, -0.15) is 4.98 Å². The Kier molecular flexibility index (Phi) is 6.91. The number of halogens is 1. The molecule has 33 heavy (non-hydrogen) atoms. The molecule has 0 radical (unpaired) electrons. The third-order valence-corrected chi connectivity index (χ3v) is 6.72. The van der Waals surface area contributed by atoms with E-state index < -0.39 is 17.4 Å². The van der Waals surface area contributed by atoms with Crippen molar-refractivity contribution >= 4 is 33.0 Å². The van der Waals surface area contributed by atoms with Crippen molar-refractivity contribution in [3.8, 4) is 5.75 Å². The molecule has 11 heteroatoms. The number of aliphatic hydroxyl groups excluding tert-OH is 2. The summed E-state index contributed by atoms with van der Waals surface area (Å²) in [6.45, 7) is 1.99. The normalized spacial score (nSPS) is 18.2. The number of nitrogens with zero attached hydrogens (tertiary/aromatic N) is 4. The molecular weight excluding hydrogens is 494 g/mol. The van der Waals surface area contributed by atoms with E-state index >= 15 is 0 Å². The number of hydrogen-bond acceptors (Lipinski definition) is 7. The number of aliphatic hydroxyl groups is 2. The van der Waals surface area contributed by atoms with E-state index in [4.69, 9.17) is 4.74 Å². The first-order valence-corrected chi connectivity index (χ1v) is 11.8. The van der Waals surface area contributed by atoms with Crippen LogP contribution in [0.2, 0.25) is 0 Å². The summed E-state index contributed by atoms with van der Waals surface area (Å²) in [6, 6.07) is 5.43. The molecule has 0 bridgehead atoms. The number of rotatable bonds is 8. The number of benzene rings is 1. The zero-order valence-corrected chi connectivity index (χ0v) is 20.2. The highest BCUT2D eigenvalue weighted by atomic mass is 79.9. The minimum Gasteiger partial charge on any atom is -0.496 e. The fraction of sp³-hybridized carbons (Fsp3) is 0.500. The molecule has 0 saturated heterocycles. The molecule has 1 saturated carbocycles. The van der Waals surface area contributed by atoms with Gasteiger partial charge in [-0.3, -0.25) is 18.5 Å². The maximum atomic E-state index is 13.3. The van der Waals surface area contributed by atoms with Gasteiger partial charge in [0.15, 0.2) is 11.2 Å². The van der Waals surface area contributed by atoms with Gasteiger partial charge in [-0.05, 0) is 59.8 Å². The standard InChI is InChI=1S/C22H28BrN5O5/c1-3-26-20(31)18-19(27(9-10-29)22(26)32)25-21(24-15-5-4-6-16(15)30)28(18)12-13-7-8-17(33-2)14(23)11-13/h7-8,11,15-16,29-30H,3-6,9-10,12H2,1-2H3,(H,24,25)/t15-,16-/m0/s1. The van der Waals surface area contributed by atoms with Crippen LogP contribution >= 0.6 is 15.9 Å². The molecule has 1 aliphatic carbocycles. The van der Waals surface area contributed by atoms with Crippen LogP contribution in [0.25, 0.3) is 11.2 Å². The molecule has 1 aromatic carbocycles. The van der Waals surface area contributed by atoms with Gasteiger partial charge in [0.1, 0.15) is 5.75 Å². The highest BCUT2D eigenvalue weighted by molar-refractivity contribution is 9.10. The summed E-state index contributed by atoms with van der Waals surface area (Å²) in [7, 11) is 1.59. The smallest absolute Gasteiger partial charge is 0.332 e. The number of methoxy groups -OCH3 is 1. The molecule has 0 aliphatic heterocycles. The number of nitrogens with one attached hydrogen (secondary N) is 1. The van der Waals surface area contributed by atoms with Crippen molar-refractivity contribution in [2.75, 3.05) is 19.0 Å². The van der Waals surface area contributed by atoms with E-state index in [2.05, 4.69) is 26.2 Å². The van der Waals surface area contributed by atoms with Gasteiger partial charge in [-0.1, -0.05) is 6.07 Å². The zero-order valence-electron chi connectivity index (χ0n) is 18.6. The van der Waals surface area contributed by atoms with Crippen molar-refractivity contribution in [1.82, 2.24) is 18.7 Å². The highest BCUT2D eigenvalue weighted by Crippen LogP contribution is 2.28. The molecule has 3 N–H and O–H groups in total. The fourth-order valence-corrected chi connectivity index (χ4v) is 4.99. The van der Waals surface area contributed by atoms with Crippen LogP contribution in [-0.2, 0) is 19.6 Å². The lowest BCUT2D eigenvalue weighted by Crippen LogP contribution is -2.40. The number of aromatic nitrogens is 4. The summed E-state index contributed by atoms with van der Waals surface area (Å²) >= 11 is 3.50. The van der Waals surface area contributed by atoms with Crippen LogP contribution in [0.3, 0.4) is 0 Å². The monoisotopic (exact) mass is 521 g/mol. The molecule has 1 fully saturated rings. The van der Waals surface area contributed by atoms with Gasteiger partial charge >= 0.3 is 5.69 Å². The summed E-state index contributed by atoms with van der Waals surface area (Å²) in [5, 5.41) is 23.2. The number of fused-ring (bicyclic) bond motifs is 1. The molecule has 2 heterocycles. The van der Waals surface area contributed by atoms with Crippen LogP contribution in [0.5, 0.6) is 5.75 Å². The minimum absolute atomic E-state index is 0.0200. The van der Waals surface area contributed by atoms with Crippen LogP contribution in [0.15, 0.2) is 32.3 Å². The Balaban J connectivity index is 1.93. The minimum atomic E-state index is -0.514. The first-order valence-electron chi connectivity index (χ1n) is 11.0. The van der Waals surface area contributed by atoms with E-state index in [1.165, 1.54) is 4.57 Å². The summed E-state index contributed by atoms with van der Waals surface area (Å²) in [4.78, 5) is 30.9. The molecule has 4 rings (SSSR count). The van der Waals surface area contributed by atoms with Crippen LogP contribution in [-0.4, -0.2) is 54.8 Å². The fourth-order valence-electron chi connectivity index (χ4n) is 4.40. The SMILES string of the molecule is CCn1c(=O)c2c(nc(N[C@H]3CCC[C@@H]3O)n2Cc2ccc(OC)c(Br)c2)n(CCO)c1=O. The largest absolute Gasteiger partial charge is 0.496 e. The molecule has 0 amide bonds. The Labute approximate surface area is 198 Å². The molecule has 1 aliphatic rings. The van der Waals surface area contributed by atoms with Crippen LogP contribution in [0.4, 0.5) is 5.95 Å². The number of imidazole rings is 1. The van der Waals surface area contributed by atoms with E-state index in [-0.39, 0.29) is 36.9 Å². The number of hydrogen-bond donors (Lipinski definition) is 3. The Morgan fingerprint density at radius 2 is 2.03 bits per heavy atom. The third-order valence-electron chi connectivity index (χ3n) is 6.11. The lowest BCUT2D eigenvalue weighted by molar-refractivity contribution is 0.171. The molecule has 0 spiro atoms. The lowest BCUT2D eigenvalue weighted by Gasteiger charge is -2.18. The van der Waals surface area contributed by atoms with Gasteiger partial charge < -0.3 is 20.3 Å². The van der Waals surface area contributed by atoms with E-state index in [1.54, 1.807) is 18.6 Å². The Morgan fingerprint density at radius 1 is 1.24 bits per heavy atom. The molecule has 2 atom stereocenters. The lowest BCUT2D eigenvalue weighted by atomic mass is 10.2. The summed E-state index contributed by atoms with van der Waals surface area (Å²) in [6.07, 6.45) is 1.85. The quantitative estimate of drug-likeness (QED) is 0.410. The van der Waals surface area contributed by atoms with Crippen molar-refractivity contribution in [2.24, 2.45) is 0 Å². The van der Waals surface area contributed by atoms with Crippen LogP contribution < -0.4 is 21.3 Å². The molecule has 3 aromatic rings. The Bertz CT molecular complexity index is 1280. The second kappa shape index (κ2) is 9.70. The molecule has 0 unspecified atom stereocenters. The molecule has 178 valence electrons. The number of ether oxygens (including phenoxy) is 1. The highest BCUT2D eigenvalue weighted by Gasteiger charge is 2.28. The second-order valence-electron chi connectivity index (χ2n) is 8.12. The maximum absolute atomic E-state index is 13.3. The van der Waals surface area contributed by atoms with Crippen molar-refractivity contribution < 1.29 is 14.9 Å². The van der Waals surface area contributed by atoms with E-state index in [0.717, 1.165) is 27.4 Å². The van der Waals surface area contributed by atoms with Crippen LogP contribution in [0.1, 0.15) is 31.7 Å². The number of anilines is 1. The average molecular weight is 522 g/mol. The average Bonchev–Trinajstić information content (AvgIpc) is 3.35. The van der Waals surface area contributed by atoms with Crippen molar-refractivity contribution in [3.63, 3.8) is 0 Å². The van der Waals surface area contributed by atoms with Crippen LogP contribution in [0, 0.1) is 0 Å². The first-order chi connectivity index (χ1) is 15.9. The van der Waals surface area contributed by atoms with Gasteiger partial charge in [0.25, 0.3) is 5.56 Å². The topological polar surface area (TPSA) is 124 Å². The van der Waals surface area contributed by atoms with Gasteiger partial charge in [0.05, 0.1) is 43.4 Å². The van der Waals surface area contributed by atoms with Crippen molar-refractivity contribution in [1.29, 1.82) is 0 Å². The van der Waals surface area contributed by atoms with Gasteiger partial charge in [0, 0.05) is 6.54 Å². The molecular formula is C22H28BrN5O5. The van der Waals surface area contributed by atoms with Crippen molar-refractivity contribution in [2.45, 2.75) is 58.0 Å². The second-order valence-corrected chi connectivity index (χ2v) is 8.97. The van der Waals surface area contributed by atoms with Gasteiger partial charge in [-0.15, -0.1) is 0 Å². The summed E-state index contributed by atoms with van der Waals surface area (Å²) in [5.41, 5.74) is 0.428.